The van der Waals surface area contributed by atoms with E-state index in [1.165, 1.54) is 16.8 Å². The molecule has 0 unspecified atom stereocenters. The number of allylic oxidation sites excluding steroid dienone is 3. The predicted molar refractivity (Wildman–Crippen MR) is 93.7 cm³/mol. The molecule has 0 saturated carbocycles. The second-order valence-electron chi connectivity index (χ2n) is 6.08. The van der Waals surface area contributed by atoms with Crippen LogP contribution < -0.4 is 10.6 Å². The summed E-state index contributed by atoms with van der Waals surface area (Å²) in [5.41, 5.74) is 5.26. The lowest BCUT2D eigenvalue weighted by atomic mass is 10.1. The second kappa shape index (κ2) is 6.20. The van der Waals surface area contributed by atoms with E-state index in [9.17, 15) is 0 Å². The molecule has 23 heavy (non-hydrogen) atoms. The molecule has 0 spiro atoms. The van der Waals surface area contributed by atoms with Crippen LogP contribution in [0.2, 0.25) is 5.28 Å². The van der Waals surface area contributed by atoms with Gasteiger partial charge in [-0.1, -0.05) is 0 Å². The highest BCUT2D eigenvalue weighted by Crippen LogP contribution is 2.24. The lowest BCUT2D eigenvalue weighted by molar-refractivity contribution is 0.612. The van der Waals surface area contributed by atoms with Gasteiger partial charge < -0.3 is 15.2 Å². The molecule has 0 radical (unpaired) electrons. The summed E-state index contributed by atoms with van der Waals surface area (Å²) in [6.07, 6.45) is 3.93. The van der Waals surface area contributed by atoms with Gasteiger partial charge in [-0.2, -0.15) is 9.97 Å². The van der Waals surface area contributed by atoms with E-state index in [1.54, 1.807) is 6.33 Å². The predicted octanol–water partition coefficient (Wildman–Crippen LogP) is 3.30. The van der Waals surface area contributed by atoms with E-state index >= 15 is 0 Å². The molecule has 1 aliphatic rings. The summed E-state index contributed by atoms with van der Waals surface area (Å²) < 4.78 is 1.99. The van der Waals surface area contributed by atoms with E-state index in [2.05, 4.69) is 59.4 Å². The van der Waals surface area contributed by atoms with Gasteiger partial charge in [0.2, 0.25) is 5.28 Å². The number of imidazole rings is 1. The van der Waals surface area contributed by atoms with Crippen molar-refractivity contribution in [3.05, 3.63) is 34.5 Å². The third-order valence-corrected chi connectivity index (χ3v) is 4.16. The summed E-state index contributed by atoms with van der Waals surface area (Å²) in [5, 5.41) is 6.94. The fraction of sp³-hybridized carbons (Fsp3) is 0.438. The van der Waals surface area contributed by atoms with Crippen LogP contribution >= 0.6 is 11.6 Å². The average molecular weight is 333 g/mol. The van der Waals surface area contributed by atoms with E-state index in [1.807, 2.05) is 4.57 Å². The molecule has 7 heteroatoms. The van der Waals surface area contributed by atoms with Crippen molar-refractivity contribution >= 4 is 28.6 Å². The zero-order chi connectivity index (χ0) is 16.6. The molecule has 0 fully saturated rings. The second-order valence-corrected chi connectivity index (χ2v) is 6.42. The quantitative estimate of drug-likeness (QED) is 0.841. The van der Waals surface area contributed by atoms with E-state index in [0.717, 1.165) is 17.7 Å². The normalized spacial score (nSPS) is 15.1. The van der Waals surface area contributed by atoms with Crippen molar-refractivity contribution in [3.8, 4) is 0 Å². The van der Waals surface area contributed by atoms with Crippen LogP contribution in [0.4, 0.5) is 5.82 Å². The fourth-order valence-corrected chi connectivity index (χ4v) is 2.81. The molecular weight excluding hydrogens is 312 g/mol. The molecule has 1 aliphatic heterocycles. The first-order chi connectivity index (χ1) is 11.0. The third kappa shape index (κ3) is 3.17. The Balaban J connectivity index is 1.90. The fourth-order valence-electron chi connectivity index (χ4n) is 2.65. The molecule has 0 bridgehead atoms. The Morgan fingerprint density at radius 1 is 1.35 bits per heavy atom. The molecule has 0 aromatic carbocycles. The van der Waals surface area contributed by atoms with Crippen molar-refractivity contribution in [1.29, 1.82) is 0 Å². The van der Waals surface area contributed by atoms with Gasteiger partial charge in [-0.15, -0.1) is 0 Å². The first-order valence-corrected chi connectivity index (χ1v) is 8.08. The van der Waals surface area contributed by atoms with Crippen LogP contribution in [-0.4, -0.2) is 32.6 Å². The number of dihydropyridines is 1. The zero-order valence-electron chi connectivity index (χ0n) is 13.8. The van der Waals surface area contributed by atoms with Gasteiger partial charge in [0.1, 0.15) is 0 Å². The molecular formula is C16H21ClN6. The summed E-state index contributed by atoms with van der Waals surface area (Å²) in [5.74, 6) is 0.672. The summed E-state index contributed by atoms with van der Waals surface area (Å²) in [4.78, 5) is 13.1. The van der Waals surface area contributed by atoms with Crippen LogP contribution in [0.15, 0.2) is 29.2 Å². The molecule has 2 aromatic heterocycles. The highest BCUT2D eigenvalue weighted by molar-refractivity contribution is 6.28. The van der Waals surface area contributed by atoms with Crippen molar-refractivity contribution in [3.63, 3.8) is 0 Å². The topological polar surface area (TPSA) is 67.7 Å². The van der Waals surface area contributed by atoms with Crippen molar-refractivity contribution in [2.45, 2.75) is 33.7 Å². The van der Waals surface area contributed by atoms with E-state index in [4.69, 9.17) is 11.6 Å². The summed E-state index contributed by atoms with van der Waals surface area (Å²) in [6.45, 7) is 9.89. The number of aromatic nitrogens is 4. The zero-order valence-corrected chi connectivity index (χ0v) is 14.6. The van der Waals surface area contributed by atoms with Gasteiger partial charge in [0.05, 0.1) is 6.33 Å². The molecule has 0 aliphatic carbocycles. The highest BCUT2D eigenvalue weighted by Gasteiger charge is 2.15. The molecule has 2 N–H and O–H groups in total. The third-order valence-electron chi connectivity index (χ3n) is 3.99. The number of hydrogen-bond acceptors (Lipinski definition) is 5. The van der Waals surface area contributed by atoms with Gasteiger partial charge in [0.15, 0.2) is 17.0 Å². The maximum Gasteiger partial charge on any atom is 0.226 e. The van der Waals surface area contributed by atoms with E-state index < -0.39 is 0 Å². The van der Waals surface area contributed by atoms with Crippen LogP contribution in [-0.2, 0) is 0 Å². The van der Waals surface area contributed by atoms with Gasteiger partial charge in [-0.05, 0) is 56.5 Å². The number of halogens is 1. The molecule has 3 rings (SSSR count). The molecule has 6 nitrogen and oxygen atoms in total. The SMILES string of the molecule is CC1=CC(C)=C(CNc2nc(Cl)nc3c2ncn3C(C)C)CN1. The van der Waals surface area contributed by atoms with Crippen LogP contribution in [0.3, 0.4) is 0 Å². The molecule has 122 valence electrons. The molecule has 3 heterocycles. The summed E-state index contributed by atoms with van der Waals surface area (Å²) in [6, 6.07) is 0.263. The van der Waals surface area contributed by atoms with Gasteiger partial charge >= 0.3 is 0 Å². The Morgan fingerprint density at radius 2 is 2.13 bits per heavy atom. The Labute approximate surface area is 140 Å². The van der Waals surface area contributed by atoms with Gasteiger partial charge in [-0.3, -0.25) is 0 Å². The molecule has 0 atom stereocenters. The summed E-state index contributed by atoms with van der Waals surface area (Å²) in [7, 11) is 0. The first-order valence-electron chi connectivity index (χ1n) is 7.70. The molecule has 0 saturated heterocycles. The van der Waals surface area contributed by atoms with Crippen molar-refractivity contribution in [1.82, 2.24) is 24.8 Å². The van der Waals surface area contributed by atoms with Crippen molar-refractivity contribution in [2.75, 3.05) is 18.4 Å². The lowest BCUT2D eigenvalue weighted by Crippen LogP contribution is -2.24. The number of rotatable bonds is 4. The van der Waals surface area contributed by atoms with Gasteiger partial charge in [-0.25, -0.2) is 4.98 Å². The Bertz CT molecular complexity index is 802. The molecule has 0 amide bonds. The standard InChI is InChI=1S/C16H21ClN6/c1-9(2)23-8-20-13-14(21-16(17)22-15(13)23)19-7-12-6-18-11(4)5-10(12)3/h5,8-9,18H,6-7H2,1-4H3,(H,19,21,22). The largest absolute Gasteiger partial charge is 0.385 e. The number of nitrogens with zero attached hydrogens (tertiary/aromatic N) is 4. The van der Waals surface area contributed by atoms with Crippen LogP contribution in [0.5, 0.6) is 0 Å². The Hall–Kier alpha value is -2.08. The summed E-state index contributed by atoms with van der Waals surface area (Å²) >= 11 is 6.09. The Kier molecular flexibility index (Phi) is 4.26. The van der Waals surface area contributed by atoms with Crippen LogP contribution in [0.1, 0.15) is 33.7 Å². The van der Waals surface area contributed by atoms with E-state index in [-0.39, 0.29) is 11.3 Å². The van der Waals surface area contributed by atoms with E-state index in [0.29, 0.717) is 12.4 Å². The monoisotopic (exact) mass is 332 g/mol. The van der Waals surface area contributed by atoms with Gasteiger partial charge in [0.25, 0.3) is 0 Å². The van der Waals surface area contributed by atoms with Crippen LogP contribution in [0, 0.1) is 0 Å². The van der Waals surface area contributed by atoms with Crippen LogP contribution in [0.25, 0.3) is 11.2 Å². The van der Waals surface area contributed by atoms with Gasteiger partial charge in [0, 0.05) is 24.8 Å². The first kappa shape index (κ1) is 15.8. The maximum atomic E-state index is 6.09. The highest BCUT2D eigenvalue weighted by atomic mass is 35.5. The number of fused-ring (bicyclic) bond motifs is 1. The minimum atomic E-state index is 0.227. The Morgan fingerprint density at radius 3 is 2.83 bits per heavy atom. The molecule has 2 aromatic rings. The average Bonchev–Trinajstić information content (AvgIpc) is 2.90. The number of nitrogens with one attached hydrogen (secondary N) is 2. The van der Waals surface area contributed by atoms with Crippen molar-refractivity contribution < 1.29 is 0 Å². The number of anilines is 1. The smallest absolute Gasteiger partial charge is 0.226 e. The maximum absolute atomic E-state index is 6.09. The minimum Gasteiger partial charge on any atom is -0.385 e. The minimum absolute atomic E-state index is 0.227. The van der Waals surface area contributed by atoms with Crippen molar-refractivity contribution in [2.24, 2.45) is 0 Å². The number of hydrogen-bond donors (Lipinski definition) is 2. The lowest BCUT2D eigenvalue weighted by Gasteiger charge is -2.19.